The SMILES string of the molecule is CN(CCc1ccncc1)c1ccc(F)cc1C#N. The van der Waals surface area contributed by atoms with Crippen molar-refractivity contribution in [1.29, 1.82) is 5.26 Å². The second-order valence-electron chi connectivity index (χ2n) is 4.30. The van der Waals surface area contributed by atoms with Crippen LogP contribution < -0.4 is 4.90 Å². The maximum Gasteiger partial charge on any atom is 0.124 e. The maximum atomic E-state index is 13.1. The van der Waals surface area contributed by atoms with E-state index in [-0.39, 0.29) is 5.82 Å². The van der Waals surface area contributed by atoms with Gasteiger partial charge in [-0.25, -0.2) is 4.39 Å². The Balaban J connectivity index is 2.08. The van der Waals surface area contributed by atoms with E-state index in [0.29, 0.717) is 5.56 Å². The van der Waals surface area contributed by atoms with Crippen LogP contribution in [0.15, 0.2) is 42.7 Å². The van der Waals surface area contributed by atoms with Gasteiger partial charge >= 0.3 is 0 Å². The van der Waals surface area contributed by atoms with Gasteiger partial charge in [0.2, 0.25) is 0 Å². The van der Waals surface area contributed by atoms with Gasteiger partial charge in [0.1, 0.15) is 11.9 Å². The van der Waals surface area contributed by atoms with Crippen LogP contribution in [-0.2, 0) is 6.42 Å². The third-order valence-corrected chi connectivity index (χ3v) is 2.98. The molecule has 0 atom stereocenters. The Kier molecular flexibility index (Phi) is 4.09. The number of benzene rings is 1. The molecule has 19 heavy (non-hydrogen) atoms. The molecule has 0 radical (unpaired) electrons. The van der Waals surface area contributed by atoms with E-state index in [1.165, 1.54) is 17.7 Å². The van der Waals surface area contributed by atoms with E-state index < -0.39 is 0 Å². The summed E-state index contributed by atoms with van der Waals surface area (Å²) in [4.78, 5) is 5.93. The van der Waals surface area contributed by atoms with E-state index in [1.807, 2.05) is 30.1 Å². The van der Waals surface area contributed by atoms with E-state index in [2.05, 4.69) is 4.98 Å². The lowest BCUT2D eigenvalue weighted by atomic mass is 10.1. The molecule has 2 aromatic rings. The number of likely N-dealkylation sites (N-methyl/N-ethyl adjacent to an activating group) is 1. The zero-order chi connectivity index (χ0) is 13.7. The second-order valence-corrected chi connectivity index (χ2v) is 4.30. The molecule has 0 saturated carbocycles. The lowest BCUT2D eigenvalue weighted by Gasteiger charge is -2.20. The molecule has 96 valence electrons. The molecule has 1 aromatic heterocycles. The van der Waals surface area contributed by atoms with Crippen molar-refractivity contribution >= 4 is 5.69 Å². The predicted octanol–water partition coefficient (Wildman–Crippen LogP) is 2.77. The highest BCUT2D eigenvalue weighted by molar-refractivity contribution is 5.58. The van der Waals surface area contributed by atoms with Crippen molar-refractivity contribution in [3.63, 3.8) is 0 Å². The molecule has 4 heteroatoms. The molecule has 0 saturated heterocycles. The zero-order valence-corrected chi connectivity index (χ0v) is 10.7. The molecule has 1 heterocycles. The molecule has 0 bridgehead atoms. The lowest BCUT2D eigenvalue weighted by Crippen LogP contribution is -2.21. The summed E-state index contributed by atoms with van der Waals surface area (Å²) in [5.74, 6) is -0.386. The van der Waals surface area contributed by atoms with Crippen LogP contribution in [-0.4, -0.2) is 18.6 Å². The minimum absolute atomic E-state index is 0.359. The number of halogens is 1. The summed E-state index contributed by atoms with van der Waals surface area (Å²) in [6.45, 7) is 0.754. The highest BCUT2D eigenvalue weighted by Gasteiger charge is 2.08. The molecule has 0 aliphatic carbocycles. The Bertz CT molecular complexity index is 590. The number of rotatable bonds is 4. The third-order valence-electron chi connectivity index (χ3n) is 2.98. The Morgan fingerprint density at radius 3 is 2.68 bits per heavy atom. The average Bonchev–Trinajstić information content (AvgIpc) is 2.45. The fourth-order valence-electron chi connectivity index (χ4n) is 1.90. The third kappa shape index (κ3) is 3.29. The van der Waals surface area contributed by atoms with E-state index in [4.69, 9.17) is 5.26 Å². The van der Waals surface area contributed by atoms with Crippen LogP contribution in [0.3, 0.4) is 0 Å². The van der Waals surface area contributed by atoms with Gasteiger partial charge in [-0.05, 0) is 42.3 Å². The first-order chi connectivity index (χ1) is 9.20. The molecule has 0 unspecified atom stereocenters. The quantitative estimate of drug-likeness (QED) is 0.843. The molecule has 3 nitrogen and oxygen atoms in total. The topological polar surface area (TPSA) is 39.9 Å². The summed E-state index contributed by atoms with van der Waals surface area (Å²) in [5.41, 5.74) is 2.29. The van der Waals surface area contributed by atoms with Crippen LogP contribution in [0.2, 0.25) is 0 Å². The van der Waals surface area contributed by atoms with Gasteiger partial charge in [-0.2, -0.15) is 5.26 Å². The molecule has 0 spiro atoms. The number of hydrogen-bond acceptors (Lipinski definition) is 3. The number of pyridine rings is 1. The van der Waals surface area contributed by atoms with Gasteiger partial charge < -0.3 is 4.90 Å². The fraction of sp³-hybridized carbons (Fsp3) is 0.200. The van der Waals surface area contributed by atoms with Crippen LogP contribution in [0.5, 0.6) is 0 Å². The van der Waals surface area contributed by atoms with Gasteiger partial charge in [0, 0.05) is 26.0 Å². The first-order valence-electron chi connectivity index (χ1n) is 6.00. The van der Waals surface area contributed by atoms with E-state index in [9.17, 15) is 4.39 Å². The largest absolute Gasteiger partial charge is 0.373 e. The summed E-state index contributed by atoms with van der Waals surface area (Å²) in [7, 11) is 1.90. The predicted molar refractivity (Wildman–Crippen MR) is 72.3 cm³/mol. The summed E-state index contributed by atoms with van der Waals surface area (Å²) in [5, 5.41) is 9.03. The maximum absolute atomic E-state index is 13.1. The van der Waals surface area contributed by atoms with Gasteiger partial charge in [-0.1, -0.05) is 0 Å². The molecule has 0 aliphatic rings. The molecular weight excluding hydrogens is 241 g/mol. The van der Waals surface area contributed by atoms with Gasteiger partial charge in [0.15, 0.2) is 0 Å². The molecular formula is C15H14FN3. The second kappa shape index (κ2) is 5.96. The van der Waals surface area contributed by atoms with Gasteiger partial charge in [-0.15, -0.1) is 0 Å². The average molecular weight is 255 g/mol. The molecule has 2 rings (SSSR count). The Morgan fingerprint density at radius 2 is 2.00 bits per heavy atom. The Morgan fingerprint density at radius 1 is 1.26 bits per heavy atom. The summed E-state index contributed by atoms with van der Waals surface area (Å²) < 4.78 is 13.1. The fourth-order valence-corrected chi connectivity index (χ4v) is 1.90. The van der Waals surface area contributed by atoms with Crippen molar-refractivity contribution in [2.75, 3.05) is 18.5 Å². The summed E-state index contributed by atoms with van der Waals surface area (Å²) in [6.07, 6.45) is 4.36. The zero-order valence-electron chi connectivity index (χ0n) is 10.7. The normalized spacial score (nSPS) is 9.95. The summed E-state index contributed by atoms with van der Waals surface area (Å²) >= 11 is 0. The number of nitriles is 1. The van der Waals surface area contributed by atoms with Crippen LogP contribution in [0.25, 0.3) is 0 Å². The van der Waals surface area contributed by atoms with Crippen molar-refractivity contribution < 1.29 is 4.39 Å². The molecule has 0 amide bonds. The first-order valence-corrected chi connectivity index (χ1v) is 6.00. The molecule has 1 aromatic carbocycles. The van der Waals surface area contributed by atoms with Crippen LogP contribution in [0, 0.1) is 17.1 Å². The van der Waals surface area contributed by atoms with Crippen molar-refractivity contribution in [1.82, 2.24) is 4.98 Å². The standard InChI is InChI=1S/C15H14FN3/c1-19(9-6-12-4-7-18-8-5-12)15-3-2-14(16)10-13(15)11-17/h2-5,7-8,10H,6,9H2,1H3. The summed E-state index contributed by atoms with van der Waals surface area (Å²) in [6, 6.07) is 10.2. The number of aromatic nitrogens is 1. The van der Waals surface area contributed by atoms with Crippen LogP contribution in [0.4, 0.5) is 10.1 Å². The first kappa shape index (κ1) is 13.0. The Hall–Kier alpha value is -2.41. The van der Waals surface area contributed by atoms with Crippen LogP contribution in [0.1, 0.15) is 11.1 Å². The smallest absolute Gasteiger partial charge is 0.124 e. The van der Waals surface area contributed by atoms with E-state index in [1.54, 1.807) is 18.5 Å². The van der Waals surface area contributed by atoms with Crippen molar-refractivity contribution in [2.24, 2.45) is 0 Å². The van der Waals surface area contributed by atoms with E-state index in [0.717, 1.165) is 18.7 Å². The molecule has 0 N–H and O–H groups in total. The highest BCUT2D eigenvalue weighted by atomic mass is 19.1. The van der Waals surface area contributed by atoms with Crippen LogP contribution >= 0.6 is 0 Å². The van der Waals surface area contributed by atoms with Gasteiger partial charge in [-0.3, -0.25) is 4.98 Å². The minimum atomic E-state index is -0.386. The highest BCUT2D eigenvalue weighted by Crippen LogP contribution is 2.20. The van der Waals surface area contributed by atoms with Crippen molar-refractivity contribution in [3.8, 4) is 6.07 Å². The minimum Gasteiger partial charge on any atom is -0.373 e. The van der Waals surface area contributed by atoms with Crippen molar-refractivity contribution in [3.05, 3.63) is 59.7 Å². The number of nitrogens with zero attached hydrogens (tertiary/aromatic N) is 3. The monoisotopic (exact) mass is 255 g/mol. The Labute approximate surface area is 111 Å². The molecule has 0 aliphatic heterocycles. The van der Waals surface area contributed by atoms with E-state index >= 15 is 0 Å². The molecule has 0 fully saturated rings. The van der Waals surface area contributed by atoms with Gasteiger partial charge in [0.05, 0.1) is 11.3 Å². The van der Waals surface area contributed by atoms with Gasteiger partial charge in [0.25, 0.3) is 0 Å². The number of hydrogen-bond donors (Lipinski definition) is 0. The van der Waals surface area contributed by atoms with Crippen molar-refractivity contribution in [2.45, 2.75) is 6.42 Å². The number of anilines is 1. The lowest BCUT2D eigenvalue weighted by molar-refractivity contribution is 0.627.